The van der Waals surface area contributed by atoms with Crippen molar-refractivity contribution in [2.45, 2.75) is 109 Å². The summed E-state index contributed by atoms with van der Waals surface area (Å²) in [6.45, 7) is 4.41. The molecular weight excluding hydrogens is 510 g/mol. The molecule has 0 spiro atoms. The Morgan fingerprint density at radius 1 is 0.775 bits per heavy atom. The van der Waals surface area contributed by atoms with Crippen molar-refractivity contribution in [2.75, 3.05) is 41.0 Å². The Labute approximate surface area is 243 Å². The number of rotatable bonds is 25. The van der Waals surface area contributed by atoms with Gasteiger partial charge in [-0.3, -0.25) is 9.59 Å². The number of hydrogen-bond acceptors (Lipinski definition) is 6. The molecule has 0 bridgehead atoms. The van der Waals surface area contributed by atoms with E-state index in [9.17, 15) is 19.5 Å². The van der Waals surface area contributed by atoms with Crippen LogP contribution in [0.5, 0.6) is 0 Å². The van der Waals surface area contributed by atoms with E-state index in [0.29, 0.717) is 12.8 Å². The van der Waals surface area contributed by atoms with Crippen LogP contribution in [-0.4, -0.2) is 80.6 Å². The first-order valence-electron chi connectivity index (χ1n) is 15.0. The van der Waals surface area contributed by atoms with Gasteiger partial charge in [0.2, 0.25) is 0 Å². The smallest absolute Gasteiger partial charge is 0.362 e. The van der Waals surface area contributed by atoms with E-state index in [0.717, 1.165) is 38.5 Å². The minimum atomic E-state index is -0.889. The topological polar surface area (TPSA) is 99.1 Å². The highest BCUT2D eigenvalue weighted by molar-refractivity contribution is 5.72. The summed E-state index contributed by atoms with van der Waals surface area (Å²) in [5.41, 5.74) is 0. The zero-order valence-corrected chi connectivity index (χ0v) is 25.8. The number of nitrogens with zero attached hydrogens (tertiary/aromatic N) is 1. The Morgan fingerprint density at radius 2 is 1.38 bits per heavy atom. The van der Waals surface area contributed by atoms with Gasteiger partial charge in [0.1, 0.15) is 6.61 Å². The van der Waals surface area contributed by atoms with Crippen LogP contribution < -0.4 is 0 Å². The lowest BCUT2D eigenvalue weighted by atomic mass is 10.1. The van der Waals surface area contributed by atoms with Gasteiger partial charge in [0.25, 0.3) is 0 Å². The number of aliphatic carboxylic acids is 1. The number of unbranched alkanes of at least 4 members (excludes halogenated alkanes) is 6. The second-order valence-electron chi connectivity index (χ2n) is 11.0. The minimum absolute atomic E-state index is 0.0344. The molecule has 1 N–H and O–H groups in total. The van der Waals surface area contributed by atoms with Crippen molar-refractivity contribution in [3.05, 3.63) is 36.5 Å². The Bertz CT molecular complexity index is 768. The molecule has 0 amide bonds. The summed E-state index contributed by atoms with van der Waals surface area (Å²) in [6, 6.07) is -0.620. The van der Waals surface area contributed by atoms with E-state index in [1.807, 2.05) is 33.3 Å². The molecular formula is C32H56NO7+. The highest BCUT2D eigenvalue weighted by Crippen LogP contribution is 2.11. The monoisotopic (exact) mass is 566 g/mol. The maximum absolute atomic E-state index is 12.4. The van der Waals surface area contributed by atoms with Crippen molar-refractivity contribution in [3.63, 3.8) is 0 Å². The van der Waals surface area contributed by atoms with Gasteiger partial charge in [-0.05, 0) is 25.7 Å². The molecule has 0 aromatic heterocycles. The first kappa shape index (κ1) is 37.6. The molecule has 0 rings (SSSR count). The van der Waals surface area contributed by atoms with Gasteiger partial charge in [0.15, 0.2) is 12.1 Å². The number of carboxylic acids is 1. The van der Waals surface area contributed by atoms with Crippen LogP contribution in [0.2, 0.25) is 0 Å². The van der Waals surface area contributed by atoms with Crippen molar-refractivity contribution in [3.8, 4) is 0 Å². The molecule has 40 heavy (non-hydrogen) atoms. The van der Waals surface area contributed by atoms with Crippen LogP contribution in [0.1, 0.15) is 97.3 Å². The molecule has 8 heteroatoms. The summed E-state index contributed by atoms with van der Waals surface area (Å²) in [6.07, 6.45) is 22.4. The zero-order chi connectivity index (χ0) is 30.1. The second-order valence-corrected chi connectivity index (χ2v) is 11.0. The number of carbonyl (C=O) groups is 3. The van der Waals surface area contributed by atoms with Gasteiger partial charge in [0.05, 0.1) is 40.8 Å². The van der Waals surface area contributed by atoms with E-state index >= 15 is 0 Å². The van der Waals surface area contributed by atoms with E-state index in [1.165, 1.54) is 25.7 Å². The Balaban J connectivity index is 4.66. The fourth-order valence-corrected chi connectivity index (χ4v) is 3.97. The molecule has 0 saturated heterocycles. The Kier molecular flexibility index (Phi) is 22.9. The van der Waals surface area contributed by atoms with E-state index < -0.39 is 24.1 Å². The standard InChI is InChI=1S/C32H55NO7/c1-6-8-10-12-14-15-17-18-20-22-30(34)39-27-28(26-38-25-24-29(32(36)37)33(3,4)5)40-31(35)23-21-19-16-13-11-9-7-2/h8,10,14-15,18,20,28-29H,6-7,9,11-13,16-17,19,21-27H2,1-5H3/p+1/b10-8+,15-14+,20-18+. The molecule has 8 nitrogen and oxygen atoms in total. The summed E-state index contributed by atoms with van der Waals surface area (Å²) in [4.78, 5) is 36.2. The van der Waals surface area contributed by atoms with Crippen molar-refractivity contribution in [2.24, 2.45) is 0 Å². The predicted molar refractivity (Wildman–Crippen MR) is 160 cm³/mol. The number of hydrogen-bond donors (Lipinski definition) is 1. The van der Waals surface area contributed by atoms with Crippen molar-refractivity contribution in [1.82, 2.24) is 0 Å². The third-order valence-corrected chi connectivity index (χ3v) is 6.34. The SMILES string of the molecule is CC/C=C/C/C=C/C/C=C/CC(=O)OCC(COCCC(C(=O)O)[N+](C)(C)C)OC(=O)CCCCCCCCC. The molecule has 0 aliphatic carbocycles. The normalized spacial score (nSPS) is 13.7. The fourth-order valence-electron chi connectivity index (χ4n) is 3.97. The number of quaternary nitrogens is 1. The molecule has 0 aliphatic heterocycles. The molecule has 2 unspecified atom stereocenters. The van der Waals surface area contributed by atoms with Crippen LogP contribution in [0.3, 0.4) is 0 Å². The lowest BCUT2D eigenvalue weighted by Crippen LogP contribution is -2.50. The number of allylic oxidation sites excluding steroid dienone is 5. The third-order valence-electron chi connectivity index (χ3n) is 6.34. The van der Waals surface area contributed by atoms with Gasteiger partial charge < -0.3 is 23.8 Å². The largest absolute Gasteiger partial charge is 0.477 e. The Morgan fingerprint density at radius 3 is 1.98 bits per heavy atom. The number of esters is 2. The van der Waals surface area contributed by atoms with Gasteiger partial charge in [-0.1, -0.05) is 88.8 Å². The van der Waals surface area contributed by atoms with Gasteiger partial charge in [-0.2, -0.15) is 0 Å². The molecule has 0 aromatic rings. The highest BCUT2D eigenvalue weighted by Gasteiger charge is 2.31. The average molecular weight is 567 g/mol. The van der Waals surface area contributed by atoms with Gasteiger partial charge >= 0.3 is 17.9 Å². The zero-order valence-electron chi connectivity index (χ0n) is 25.8. The third kappa shape index (κ3) is 22.4. The minimum Gasteiger partial charge on any atom is -0.477 e. The molecule has 0 heterocycles. The molecule has 0 radical (unpaired) electrons. The van der Waals surface area contributed by atoms with Gasteiger partial charge in [-0.25, -0.2) is 4.79 Å². The van der Waals surface area contributed by atoms with Crippen molar-refractivity contribution in [1.29, 1.82) is 0 Å². The van der Waals surface area contributed by atoms with Crippen LogP contribution in [0.4, 0.5) is 0 Å². The van der Waals surface area contributed by atoms with Crippen LogP contribution in [-0.2, 0) is 28.6 Å². The molecule has 0 fully saturated rings. The average Bonchev–Trinajstić information content (AvgIpc) is 2.89. The lowest BCUT2D eigenvalue weighted by Gasteiger charge is -2.31. The number of carboxylic acid groups (broad SMARTS) is 1. The Hall–Kier alpha value is -2.45. The maximum atomic E-state index is 12.4. The summed E-state index contributed by atoms with van der Waals surface area (Å²) < 4.78 is 16.9. The number of likely N-dealkylation sites (N-methyl/N-ethyl adjacent to an activating group) is 1. The summed E-state index contributed by atoms with van der Waals surface area (Å²) in [7, 11) is 5.47. The maximum Gasteiger partial charge on any atom is 0.362 e. The van der Waals surface area contributed by atoms with Crippen LogP contribution in [0.25, 0.3) is 0 Å². The molecule has 0 aromatic carbocycles. The lowest BCUT2D eigenvalue weighted by molar-refractivity contribution is -0.887. The fraction of sp³-hybridized carbons (Fsp3) is 0.719. The first-order chi connectivity index (χ1) is 19.1. The summed E-state index contributed by atoms with van der Waals surface area (Å²) >= 11 is 0. The predicted octanol–water partition coefficient (Wildman–Crippen LogP) is 6.40. The van der Waals surface area contributed by atoms with E-state index in [1.54, 1.807) is 6.08 Å². The summed E-state index contributed by atoms with van der Waals surface area (Å²) in [5, 5.41) is 9.50. The van der Waals surface area contributed by atoms with Crippen LogP contribution in [0, 0.1) is 0 Å². The quantitative estimate of drug-likeness (QED) is 0.0591. The van der Waals surface area contributed by atoms with Gasteiger partial charge in [0, 0.05) is 12.8 Å². The molecule has 0 saturated carbocycles. The number of ether oxygens (including phenoxy) is 3. The highest BCUT2D eigenvalue weighted by atomic mass is 16.6. The second kappa shape index (κ2) is 24.4. The van der Waals surface area contributed by atoms with Crippen molar-refractivity contribution < 1.29 is 38.2 Å². The van der Waals surface area contributed by atoms with Crippen LogP contribution in [0.15, 0.2) is 36.5 Å². The van der Waals surface area contributed by atoms with Crippen molar-refractivity contribution >= 4 is 17.9 Å². The van der Waals surface area contributed by atoms with E-state index in [4.69, 9.17) is 14.2 Å². The molecule has 2 atom stereocenters. The summed E-state index contributed by atoms with van der Waals surface area (Å²) in [5.74, 6) is -1.64. The molecule has 0 aliphatic rings. The first-order valence-corrected chi connectivity index (χ1v) is 15.0. The number of carbonyl (C=O) groups excluding carboxylic acids is 2. The van der Waals surface area contributed by atoms with E-state index in [2.05, 4.69) is 32.1 Å². The van der Waals surface area contributed by atoms with Gasteiger partial charge in [-0.15, -0.1) is 0 Å². The van der Waals surface area contributed by atoms with E-state index in [-0.39, 0.29) is 36.7 Å². The molecule has 230 valence electrons. The van der Waals surface area contributed by atoms with Crippen LogP contribution >= 0.6 is 0 Å².